The van der Waals surface area contributed by atoms with E-state index in [9.17, 15) is 19.5 Å². The van der Waals surface area contributed by atoms with Crippen LogP contribution >= 0.6 is 11.8 Å². The van der Waals surface area contributed by atoms with Crippen LogP contribution in [0.15, 0.2) is 29.2 Å². The molecule has 1 aromatic rings. The molecule has 0 spiro atoms. The lowest BCUT2D eigenvalue weighted by Crippen LogP contribution is -2.48. The maximum Gasteiger partial charge on any atom is 0.316 e. The number of hydrogen-bond donors (Lipinski definition) is 2. The first kappa shape index (κ1) is 19.3. The second kappa shape index (κ2) is 8.89. The van der Waals surface area contributed by atoms with Gasteiger partial charge in [-0.2, -0.15) is 0 Å². The fourth-order valence-electron chi connectivity index (χ4n) is 2.91. The standard InChI is InChI=1S/C18H24N2O4S/c1-2-3-4-5-8-12(18(23)24)17(22)20-11-15(16(19)21)25-14-10-7-6-9-13(14)20/h6-7,9-10,12,15H,2-5,8,11H2,1H3,(H2,19,21)(H,23,24). The van der Waals surface area contributed by atoms with Gasteiger partial charge in [-0.25, -0.2) is 0 Å². The molecule has 1 aliphatic rings. The number of amides is 2. The fraction of sp³-hybridized carbons (Fsp3) is 0.500. The number of unbranched alkanes of at least 4 members (excludes halogenated alkanes) is 3. The van der Waals surface area contributed by atoms with E-state index in [0.717, 1.165) is 24.2 Å². The number of nitrogens with zero attached hydrogens (tertiary/aromatic N) is 1. The van der Waals surface area contributed by atoms with Crippen molar-refractivity contribution < 1.29 is 19.5 Å². The number of benzene rings is 1. The van der Waals surface area contributed by atoms with E-state index in [2.05, 4.69) is 6.92 Å². The van der Waals surface area contributed by atoms with E-state index in [-0.39, 0.29) is 6.54 Å². The smallest absolute Gasteiger partial charge is 0.316 e. The molecular weight excluding hydrogens is 340 g/mol. The first-order valence-corrected chi connectivity index (χ1v) is 9.42. The Morgan fingerprint density at radius 2 is 2.00 bits per heavy atom. The number of carbonyl (C=O) groups excluding carboxylic acids is 2. The maximum atomic E-state index is 12.9. The number of carbonyl (C=O) groups is 3. The van der Waals surface area contributed by atoms with Crippen LogP contribution in [0, 0.1) is 5.92 Å². The van der Waals surface area contributed by atoms with Crippen LogP contribution in [-0.4, -0.2) is 34.7 Å². The highest BCUT2D eigenvalue weighted by atomic mass is 32.2. The molecule has 0 bridgehead atoms. The van der Waals surface area contributed by atoms with Gasteiger partial charge in [0.1, 0.15) is 11.2 Å². The molecule has 0 aliphatic carbocycles. The van der Waals surface area contributed by atoms with E-state index < -0.39 is 29.0 Å². The maximum absolute atomic E-state index is 12.9. The van der Waals surface area contributed by atoms with Gasteiger partial charge in [-0.3, -0.25) is 14.4 Å². The average Bonchev–Trinajstić information content (AvgIpc) is 2.59. The Balaban J connectivity index is 2.22. The zero-order chi connectivity index (χ0) is 18.4. The normalized spacial score (nSPS) is 17.6. The van der Waals surface area contributed by atoms with Crippen LogP contribution in [0.4, 0.5) is 5.69 Å². The van der Waals surface area contributed by atoms with Crippen LogP contribution in [0.3, 0.4) is 0 Å². The molecule has 0 saturated heterocycles. The summed E-state index contributed by atoms with van der Waals surface area (Å²) in [5, 5.41) is 8.93. The molecule has 1 heterocycles. The van der Waals surface area contributed by atoms with Crippen molar-refractivity contribution >= 4 is 35.2 Å². The Kier molecular flexibility index (Phi) is 6.87. The van der Waals surface area contributed by atoms with Gasteiger partial charge in [-0.05, 0) is 18.6 Å². The SMILES string of the molecule is CCCCCCC(C(=O)O)C(=O)N1CC(C(N)=O)Sc2ccccc21. The van der Waals surface area contributed by atoms with E-state index in [1.165, 1.54) is 16.7 Å². The Labute approximate surface area is 151 Å². The number of para-hydroxylation sites is 1. The summed E-state index contributed by atoms with van der Waals surface area (Å²) in [6, 6.07) is 7.19. The summed E-state index contributed by atoms with van der Waals surface area (Å²) in [4.78, 5) is 38.4. The van der Waals surface area contributed by atoms with Crippen LogP contribution in [0.25, 0.3) is 0 Å². The highest BCUT2D eigenvalue weighted by Crippen LogP contribution is 2.39. The number of primary amides is 1. The van der Waals surface area contributed by atoms with Gasteiger partial charge in [0.15, 0.2) is 0 Å². The Morgan fingerprint density at radius 3 is 2.64 bits per heavy atom. The number of anilines is 1. The number of thioether (sulfide) groups is 1. The number of carboxylic acids is 1. The van der Waals surface area contributed by atoms with E-state index in [4.69, 9.17) is 5.73 Å². The largest absolute Gasteiger partial charge is 0.481 e. The van der Waals surface area contributed by atoms with Crippen molar-refractivity contribution in [3.63, 3.8) is 0 Å². The van der Waals surface area contributed by atoms with Crippen molar-refractivity contribution in [3.05, 3.63) is 24.3 Å². The molecule has 6 nitrogen and oxygen atoms in total. The second-order valence-electron chi connectivity index (χ2n) is 6.17. The minimum atomic E-state index is -1.12. The van der Waals surface area contributed by atoms with Crippen molar-refractivity contribution in [2.24, 2.45) is 11.7 Å². The lowest BCUT2D eigenvalue weighted by molar-refractivity contribution is -0.146. The molecule has 2 rings (SSSR count). The topological polar surface area (TPSA) is 101 Å². The van der Waals surface area contributed by atoms with Gasteiger partial charge < -0.3 is 15.7 Å². The summed E-state index contributed by atoms with van der Waals surface area (Å²) in [6.07, 6.45) is 3.97. The molecular formula is C18H24N2O4S. The molecule has 1 aliphatic heterocycles. The summed E-state index contributed by atoms with van der Waals surface area (Å²) >= 11 is 1.31. The van der Waals surface area contributed by atoms with Gasteiger partial charge in [-0.1, -0.05) is 44.7 Å². The van der Waals surface area contributed by atoms with Crippen molar-refractivity contribution in [2.45, 2.75) is 49.2 Å². The van der Waals surface area contributed by atoms with E-state index >= 15 is 0 Å². The minimum Gasteiger partial charge on any atom is -0.481 e. The molecule has 0 aromatic heterocycles. The Hall–Kier alpha value is -2.02. The third-order valence-corrected chi connectivity index (χ3v) is 5.56. The predicted octanol–water partition coefficient (Wildman–Crippen LogP) is 2.65. The second-order valence-corrected chi connectivity index (χ2v) is 7.41. The van der Waals surface area contributed by atoms with Crippen LogP contribution in [-0.2, 0) is 14.4 Å². The highest BCUT2D eigenvalue weighted by molar-refractivity contribution is 8.00. The molecule has 2 amide bonds. The molecule has 25 heavy (non-hydrogen) atoms. The van der Waals surface area contributed by atoms with E-state index in [1.807, 2.05) is 12.1 Å². The number of hydrogen-bond acceptors (Lipinski definition) is 4. The number of aliphatic carboxylic acids is 1. The average molecular weight is 364 g/mol. The van der Waals surface area contributed by atoms with Crippen molar-refractivity contribution in [1.29, 1.82) is 0 Å². The summed E-state index contributed by atoms with van der Waals surface area (Å²) in [5.74, 6) is -3.19. The van der Waals surface area contributed by atoms with Crippen LogP contribution in [0.2, 0.25) is 0 Å². The molecule has 0 saturated carbocycles. The highest BCUT2D eigenvalue weighted by Gasteiger charge is 2.37. The predicted molar refractivity (Wildman–Crippen MR) is 97.5 cm³/mol. The van der Waals surface area contributed by atoms with Gasteiger partial charge in [0.05, 0.1) is 5.69 Å². The summed E-state index contributed by atoms with van der Waals surface area (Å²) in [6.45, 7) is 2.18. The molecule has 7 heteroatoms. The Morgan fingerprint density at radius 1 is 1.28 bits per heavy atom. The minimum absolute atomic E-state index is 0.106. The molecule has 2 atom stereocenters. The zero-order valence-electron chi connectivity index (χ0n) is 14.3. The van der Waals surface area contributed by atoms with Crippen LogP contribution in [0.5, 0.6) is 0 Å². The lowest BCUT2D eigenvalue weighted by Gasteiger charge is -2.34. The van der Waals surface area contributed by atoms with Crippen molar-refractivity contribution in [2.75, 3.05) is 11.4 Å². The monoisotopic (exact) mass is 364 g/mol. The van der Waals surface area contributed by atoms with E-state index in [0.29, 0.717) is 18.5 Å². The number of fused-ring (bicyclic) bond motifs is 1. The number of rotatable bonds is 8. The molecule has 0 radical (unpaired) electrons. The zero-order valence-corrected chi connectivity index (χ0v) is 15.1. The van der Waals surface area contributed by atoms with E-state index in [1.54, 1.807) is 12.1 Å². The van der Waals surface area contributed by atoms with Gasteiger partial charge in [0.2, 0.25) is 11.8 Å². The summed E-state index contributed by atoms with van der Waals surface area (Å²) < 4.78 is 0. The van der Waals surface area contributed by atoms with Gasteiger partial charge in [-0.15, -0.1) is 11.8 Å². The first-order valence-electron chi connectivity index (χ1n) is 8.54. The summed E-state index contributed by atoms with van der Waals surface area (Å²) in [5.41, 5.74) is 6.07. The van der Waals surface area contributed by atoms with Crippen LogP contribution < -0.4 is 10.6 Å². The quantitative estimate of drug-likeness (QED) is 0.545. The fourth-order valence-corrected chi connectivity index (χ4v) is 4.01. The third kappa shape index (κ3) is 4.75. The van der Waals surface area contributed by atoms with Crippen molar-refractivity contribution in [3.8, 4) is 0 Å². The molecule has 1 aromatic carbocycles. The molecule has 0 fully saturated rings. The Bertz CT molecular complexity index is 650. The molecule has 136 valence electrons. The first-order chi connectivity index (χ1) is 12.0. The molecule has 2 unspecified atom stereocenters. The van der Waals surface area contributed by atoms with Crippen LogP contribution in [0.1, 0.15) is 39.0 Å². The number of carboxylic acid groups (broad SMARTS) is 1. The van der Waals surface area contributed by atoms with Crippen molar-refractivity contribution in [1.82, 2.24) is 0 Å². The molecule has 3 N–H and O–H groups in total. The summed E-state index contributed by atoms with van der Waals surface area (Å²) in [7, 11) is 0. The van der Waals surface area contributed by atoms with Gasteiger partial charge >= 0.3 is 5.97 Å². The lowest BCUT2D eigenvalue weighted by atomic mass is 9.98. The number of nitrogens with two attached hydrogens (primary N) is 1. The third-order valence-electron chi connectivity index (χ3n) is 4.30. The van der Waals surface area contributed by atoms with Gasteiger partial charge in [0.25, 0.3) is 0 Å². The van der Waals surface area contributed by atoms with Gasteiger partial charge in [0, 0.05) is 11.4 Å².